The minimum atomic E-state index is -1.34. The first-order valence-electron chi connectivity index (χ1n) is 18.2. The van der Waals surface area contributed by atoms with Gasteiger partial charge in [0.25, 0.3) is 0 Å². The van der Waals surface area contributed by atoms with Gasteiger partial charge in [-0.15, -0.1) is 35.9 Å². The molecule has 8 aromatic rings. The van der Waals surface area contributed by atoms with E-state index in [0.29, 0.717) is 5.92 Å². The molecule has 8 rings (SSSR count). The van der Waals surface area contributed by atoms with E-state index in [1.165, 1.54) is 44.1 Å². The number of para-hydroxylation sites is 2. The number of aryl methyl sites for hydroxylation is 4. The van der Waals surface area contributed by atoms with Crippen LogP contribution in [0.3, 0.4) is 0 Å². The van der Waals surface area contributed by atoms with E-state index in [1.54, 1.807) is 0 Å². The summed E-state index contributed by atoms with van der Waals surface area (Å²) in [6.07, 6.45) is 6.42. The molecule has 0 amide bonds. The van der Waals surface area contributed by atoms with E-state index in [4.69, 9.17) is 9.40 Å². The molecule has 0 aliphatic rings. The van der Waals surface area contributed by atoms with Gasteiger partial charge in [-0.05, 0) is 84.9 Å². The number of benzene rings is 5. The van der Waals surface area contributed by atoms with E-state index < -0.39 is 8.07 Å². The molecule has 0 spiro atoms. The minimum Gasteiger partial charge on any atom is -0.557 e. The maximum absolute atomic E-state index is 5.93. The summed E-state index contributed by atoms with van der Waals surface area (Å²) >= 11 is 0. The fourth-order valence-electron chi connectivity index (χ4n) is 7.43. The average Bonchev–Trinajstić information content (AvgIpc) is 3.68. The van der Waals surface area contributed by atoms with Gasteiger partial charge < -0.3 is 14.0 Å². The van der Waals surface area contributed by atoms with Crippen LogP contribution in [0.5, 0.6) is 0 Å². The first-order valence-corrected chi connectivity index (χ1v) is 21.7. The Kier molecular flexibility index (Phi) is 11.1. The molecule has 53 heavy (non-hydrogen) atoms. The van der Waals surface area contributed by atoms with Gasteiger partial charge >= 0.3 is 0 Å². The maximum Gasteiger partial charge on any atom is 0.0798 e. The number of hydrogen-bond acceptors (Lipinski definition) is 3. The third-order valence-corrected chi connectivity index (χ3v) is 11.7. The summed E-state index contributed by atoms with van der Waals surface area (Å²) in [4.78, 5) is 9.74. The molecule has 0 aliphatic carbocycles. The molecule has 0 N–H and O–H groups in total. The summed E-state index contributed by atoms with van der Waals surface area (Å²) in [6, 6.07) is 37.1. The second-order valence-electron chi connectivity index (χ2n) is 15.6. The van der Waals surface area contributed by atoms with Crippen LogP contribution < -0.4 is 5.19 Å². The molecule has 1 radical (unpaired) electrons. The molecular weight excluding hydrogens is 843 g/mol. The standard InChI is InChI=1S/C29H23N2O.C18H24NSi.Ir/c1-17-9-10-21-15-27-23(14-22(21)13-17)24(16-32-27)29-30-25-7-5-6-8-26(25)31(29)28-19(3)11-18(2)12-20(28)4;1-14(2)11-16-12-17(15-9-7-6-8-10-15)19-13-18(16)20(3,4)5;/h5-15H,1-4H3;6-9,12-14H,11H2,1-5H3;/q2*-1;. The number of pyridine rings is 1. The van der Waals surface area contributed by atoms with Crippen LogP contribution in [-0.2, 0) is 26.5 Å². The van der Waals surface area contributed by atoms with Crippen molar-refractivity contribution in [3.8, 4) is 28.3 Å². The first kappa shape index (κ1) is 38.1. The summed E-state index contributed by atoms with van der Waals surface area (Å²) in [5.41, 5.74) is 13.5. The first-order chi connectivity index (χ1) is 24.9. The zero-order valence-electron chi connectivity index (χ0n) is 32.2. The van der Waals surface area contributed by atoms with Crippen molar-refractivity contribution >= 4 is 46.0 Å². The van der Waals surface area contributed by atoms with E-state index >= 15 is 0 Å². The molecule has 0 aliphatic heterocycles. The van der Waals surface area contributed by atoms with Crippen molar-refractivity contribution in [2.75, 3.05) is 0 Å². The van der Waals surface area contributed by atoms with Crippen LogP contribution in [0.4, 0.5) is 0 Å². The predicted octanol–water partition coefficient (Wildman–Crippen LogP) is 11.9. The second kappa shape index (κ2) is 15.4. The van der Waals surface area contributed by atoms with E-state index in [1.807, 2.05) is 24.3 Å². The molecule has 3 heterocycles. The molecule has 5 aromatic carbocycles. The van der Waals surface area contributed by atoms with Crippen LogP contribution in [0.2, 0.25) is 19.6 Å². The van der Waals surface area contributed by atoms with Crippen LogP contribution in [0.15, 0.2) is 108 Å². The normalized spacial score (nSPS) is 11.6. The largest absolute Gasteiger partial charge is 0.557 e. The van der Waals surface area contributed by atoms with Gasteiger partial charge in [-0.25, -0.2) is 0 Å². The summed E-state index contributed by atoms with van der Waals surface area (Å²) < 4.78 is 8.19. The van der Waals surface area contributed by atoms with Crippen molar-refractivity contribution < 1.29 is 24.5 Å². The van der Waals surface area contributed by atoms with Gasteiger partial charge in [-0.3, -0.25) is 4.98 Å². The second-order valence-corrected chi connectivity index (χ2v) is 20.7. The van der Waals surface area contributed by atoms with Crippen molar-refractivity contribution in [2.24, 2.45) is 5.92 Å². The Hall–Kier alpha value is -4.61. The van der Waals surface area contributed by atoms with Gasteiger partial charge in [0.2, 0.25) is 0 Å². The number of hydrogen-bond donors (Lipinski definition) is 0. The number of furan rings is 1. The number of aromatic nitrogens is 3. The van der Waals surface area contributed by atoms with Gasteiger partial charge in [0.1, 0.15) is 0 Å². The SMILES string of the molecule is CC(C)Cc1cc(-c2[c-]cccc2)ncc1[Si](C)(C)C.Cc1cc(C)c(-n2c(-c3[c-]oc4cc5ccc(C)cc5cc34)nc3ccccc32)c(C)c1.[Ir]. The Bertz CT molecular complexity index is 2540. The van der Waals surface area contributed by atoms with Crippen molar-refractivity contribution in [1.29, 1.82) is 0 Å². The monoisotopic (exact) mass is 890 g/mol. The third kappa shape index (κ3) is 7.87. The quantitative estimate of drug-likeness (QED) is 0.123. The van der Waals surface area contributed by atoms with E-state index in [9.17, 15) is 0 Å². The minimum absolute atomic E-state index is 0. The van der Waals surface area contributed by atoms with Crippen molar-refractivity contribution in [2.45, 2.75) is 67.6 Å². The zero-order chi connectivity index (χ0) is 36.7. The number of imidazole rings is 1. The van der Waals surface area contributed by atoms with E-state index in [0.717, 1.165) is 56.5 Å². The maximum atomic E-state index is 5.93. The molecule has 0 bridgehead atoms. The summed E-state index contributed by atoms with van der Waals surface area (Å²) in [6.45, 7) is 20.3. The fourth-order valence-corrected chi connectivity index (χ4v) is 9.02. The Labute approximate surface area is 328 Å². The van der Waals surface area contributed by atoms with Gasteiger partial charge in [-0.2, -0.15) is 0 Å². The molecule has 0 saturated carbocycles. The van der Waals surface area contributed by atoms with Crippen LogP contribution >= 0.6 is 0 Å². The Balaban J connectivity index is 0.000000199. The van der Waals surface area contributed by atoms with Crippen molar-refractivity contribution in [3.63, 3.8) is 0 Å². The summed E-state index contributed by atoms with van der Waals surface area (Å²) in [5.74, 6) is 1.52. The Morgan fingerprint density at radius 3 is 2.23 bits per heavy atom. The summed E-state index contributed by atoms with van der Waals surface area (Å²) in [5, 5.41) is 4.88. The van der Waals surface area contributed by atoms with E-state index in [-0.39, 0.29) is 20.1 Å². The summed E-state index contributed by atoms with van der Waals surface area (Å²) in [7, 11) is -1.34. The van der Waals surface area contributed by atoms with Gasteiger partial charge in [0, 0.05) is 43.8 Å². The molecule has 6 heteroatoms. The molecular formula is C47H47IrN3OSi-2. The number of fused-ring (bicyclic) bond motifs is 3. The molecule has 0 saturated heterocycles. The van der Waals surface area contributed by atoms with Crippen molar-refractivity contribution in [1.82, 2.24) is 14.5 Å². The van der Waals surface area contributed by atoms with E-state index in [2.05, 4.69) is 162 Å². The zero-order valence-corrected chi connectivity index (χ0v) is 35.6. The van der Waals surface area contributed by atoms with Gasteiger partial charge in [-0.1, -0.05) is 122 Å². The Morgan fingerprint density at radius 2 is 1.53 bits per heavy atom. The van der Waals surface area contributed by atoms with Gasteiger partial charge in [0.15, 0.2) is 0 Å². The predicted molar refractivity (Wildman–Crippen MR) is 222 cm³/mol. The molecule has 4 nitrogen and oxygen atoms in total. The average molecular weight is 890 g/mol. The topological polar surface area (TPSA) is 43.9 Å². The molecule has 0 atom stereocenters. The molecule has 271 valence electrons. The number of nitrogens with zero attached hydrogens (tertiary/aromatic N) is 3. The van der Waals surface area contributed by atoms with Crippen LogP contribution in [0.1, 0.15) is 41.7 Å². The third-order valence-electron chi connectivity index (χ3n) is 9.68. The molecule has 3 aromatic heterocycles. The molecule has 0 unspecified atom stereocenters. The van der Waals surface area contributed by atoms with Crippen LogP contribution in [-0.4, -0.2) is 22.6 Å². The van der Waals surface area contributed by atoms with Crippen molar-refractivity contribution in [3.05, 3.63) is 143 Å². The Morgan fingerprint density at radius 1 is 0.792 bits per heavy atom. The van der Waals surface area contributed by atoms with Crippen LogP contribution in [0.25, 0.3) is 61.1 Å². The smallest absolute Gasteiger partial charge is 0.0798 e. The van der Waals surface area contributed by atoms with Gasteiger partial charge in [0.05, 0.1) is 24.9 Å². The molecule has 0 fully saturated rings. The van der Waals surface area contributed by atoms with Crippen LogP contribution in [0, 0.1) is 45.9 Å². The fraction of sp³-hybridized carbons (Fsp3) is 0.234. The number of rotatable bonds is 6.